The van der Waals surface area contributed by atoms with Gasteiger partial charge in [-0.1, -0.05) is 30.3 Å². The maximum atomic E-state index is 5.97. The molecule has 4 heteroatoms. The molecule has 0 aromatic heterocycles. The zero-order valence-corrected chi connectivity index (χ0v) is 14.1. The van der Waals surface area contributed by atoms with Gasteiger partial charge in [0.25, 0.3) is 0 Å². The highest BCUT2D eigenvalue weighted by Crippen LogP contribution is 2.17. The summed E-state index contributed by atoms with van der Waals surface area (Å²) >= 11 is 0. The molecule has 0 bridgehead atoms. The zero-order chi connectivity index (χ0) is 16.6. The van der Waals surface area contributed by atoms with Crippen LogP contribution in [0.2, 0.25) is 0 Å². The van der Waals surface area contributed by atoms with Crippen LogP contribution in [-0.4, -0.2) is 37.2 Å². The molecule has 0 amide bonds. The average Bonchev–Trinajstić information content (AvgIpc) is 2.62. The monoisotopic (exact) mass is 326 g/mol. The van der Waals surface area contributed by atoms with Crippen molar-refractivity contribution in [1.29, 1.82) is 0 Å². The molecule has 128 valence electrons. The highest BCUT2D eigenvalue weighted by atomic mass is 16.5. The number of hydrogen-bond acceptors (Lipinski definition) is 4. The second-order valence-corrected chi connectivity index (χ2v) is 6.27. The molecule has 1 heterocycles. The van der Waals surface area contributed by atoms with E-state index < -0.39 is 0 Å². The summed E-state index contributed by atoms with van der Waals surface area (Å²) in [5, 5.41) is 0. The summed E-state index contributed by atoms with van der Waals surface area (Å²) in [7, 11) is 0. The number of hydrogen-bond donors (Lipinski definition) is 1. The Kier molecular flexibility index (Phi) is 6.10. The SMILES string of the molecule is NC1CCN(Cc2cccc(OCCOc3ccccc3)c2)CC1. The summed E-state index contributed by atoms with van der Waals surface area (Å²) < 4.78 is 11.5. The first kappa shape index (κ1) is 16.8. The van der Waals surface area contributed by atoms with Crippen LogP contribution in [0.25, 0.3) is 0 Å². The van der Waals surface area contributed by atoms with E-state index in [0.717, 1.165) is 44.0 Å². The molecule has 3 rings (SSSR count). The number of nitrogens with zero attached hydrogens (tertiary/aromatic N) is 1. The number of rotatable bonds is 7. The standard InChI is InChI=1S/C20H26N2O2/c21-18-9-11-22(12-10-18)16-17-5-4-8-20(15-17)24-14-13-23-19-6-2-1-3-7-19/h1-8,15,18H,9-14,16,21H2. The topological polar surface area (TPSA) is 47.7 Å². The quantitative estimate of drug-likeness (QED) is 0.795. The third kappa shape index (κ3) is 5.25. The smallest absolute Gasteiger partial charge is 0.122 e. The van der Waals surface area contributed by atoms with Crippen LogP contribution < -0.4 is 15.2 Å². The van der Waals surface area contributed by atoms with E-state index in [-0.39, 0.29) is 0 Å². The molecule has 1 aliphatic heterocycles. The molecule has 0 atom stereocenters. The first-order valence-electron chi connectivity index (χ1n) is 8.67. The van der Waals surface area contributed by atoms with E-state index in [1.165, 1.54) is 5.56 Å². The largest absolute Gasteiger partial charge is 0.490 e. The van der Waals surface area contributed by atoms with E-state index in [1.54, 1.807) is 0 Å². The molecule has 0 unspecified atom stereocenters. The second kappa shape index (κ2) is 8.71. The molecule has 2 aromatic rings. The average molecular weight is 326 g/mol. The van der Waals surface area contributed by atoms with Gasteiger partial charge in [-0.15, -0.1) is 0 Å². The predicted molar refractivity (Wildman–Crippen MR) is 96.4 cm³/mol. The first-order chi connectivity index (χ1) is 11.8. The van der Waals surface area contributed by atoms with Gasteiger partial charge in [0.15, 0.2) is 0 Å². The van der Waals surface area contributed by atoms with Gasteiger partial charge >= 0.3 is 0 Å². The summed E-state index contributed by atoms with van der Waals surface area (Å²) in [5.41, 5.74) is 7.25. The number of piperidine rings is 1. The van der Waals surface area contributed by atoms with Crippen LogP contribution in [0.5, 0.6) is 11.5 Å². The fourth-order valence-electron chi connectivity index (χ4n) is 2.94. The minimum Gasteiger partial charge on any atom is -0.490 e. The molecule has 1 fully saturated rings. The van der Waals surface area contributed by atoms with Crippen molar-refractivity contribution in [2.75, 3.05) is 26.3 Å². The zero-order valence-electron chi connectivity index (χ0n) is 14.1. The van der Waals surface area contributed by atoms with Crippen molar-refractivity contribution in [2.24, 2.45) is 5.73 Å². The fourth-order valence-corrected chi connectivity index (χ4v) is 2.94. The van der Waals surface area contributed by atoms with Crippen LogP contribution in [0.3, 0.4) is 0 Å². The van der Waals surface area contributed by atoms with Gasteiger partial charge in [0.1, 0.15) is 24.7 Å². The number of likely N-dealkylation sites (tertiary alicyclic amines) is 1. The van der Waals surface area contributed by atoms with E-state index >= 15 is 0 Å². The minimum atomic E-state index is 0.375. The molecule has 0 spiro atoms. The number of para-hydroxylation sites is 1. The molecule has 0 radical (unpaired) electrons. The minimum absolute atomic E-state index is 0.375. The maximum absolute atomic E-state index is 5.97. The van der Waals surface area contributed by atoms with Crippen LogP contribution >= 0.6 is 0 Å². The Morgan fingerprint density at radius 1 is 0.875 bits per heavy atom. The van der Waals surface area contributed by atoms with Gasteiger partial charge in [-0.2, -0.15) is 0 Å². The third-order valence-corrected chi connectivity index (χ3v) is 4.30. The van der Waals surface area contributed by atoms with E-state index in [4.69, 9.17) is 15.2 Å². The van der Waals surface area contributed by atoms with Gasteiger partial charge in [0.2, 0.25) is 0 Å². The highest BCUT2D eigenvalue weighted by molar-refractivity contribution is 5.28. The van der Waals surface area contributed by atoms with Crippen molar-refractivity contribution in [1.82, 2.24) is 4.90 Å². The lowest BCUT2D eigenvalue weighted by Gasteiger charge is -2.30. The van der Waals surface area contributed by atoms with Crippen molar-refractivity contribution < 1.29 is 9.47 Å². The molecular formula is C20H26N2O2. The second-order valence-electron chi connectivity index (χ2n) is 6.27. The lowest BCUT2D eigenvalue weighted by Crippen LogP contribution is -2.39. The molecule has 2 N–H and O–H groups in total. The van der Waals surface area contributed by atoms with Gasteiger partial charge < -0.3 is 15.2 Å². The van der Waals surface area contributed by atoms with Crippen LogP contribution in [0.4, 0.5) is 0 Å². The van der Waals surface area contributed by atoms with Crippen molar-refractivity contribution in [2.45, 2.75) is 25.4 Å². The summed E-state index contributed by atoms with van der Waals surface area (Å²) in [4.78, 5) is 2.46. The molecule has 4 nitrogen and oxygen atoms in total. The number of ether oxygens (including phenoxy) is 2. The summed E-state index contributed by atoms with van der Waals surface area (Å²) in [5.74, 6) is 1.77. The van der Waals surface area contributed by atoms with Crippen LogP contribution in [0, 0.1) is 0 Å². The van der Waals surface area contributed by atoms with Crippen LogP contribution in [0.15, 0.2) is 54.6 Å². The predicted octanol–water partition coefficient (Wildman–Crippen LogP) is 3.07. The van der Waals surface area contributed by atoms with E-state index in [2.05, 4.69) is 23.1 Å². The van der Waals surface area contributed by atoms with Crippen molar-refractivity contribution in [3.05, 3.63) is 60.2 Å². The van der Waals surface area contributed by atoms with E-state index in [1.807, 2.05) is 36.4 Å². The number of benzene rings is 2. The molecule has 2 aromatic carbocycles. The first-order valence-corrected chi connectivity index (χ1v) is 8.67. The fraction of sp³-hybridized carbons (Fsp3) is 0.400. The molecule has 1 aliphatic rings. The van der Waals surface area contributed by atoms with Gasteiger partial charge in [0, 0.05) is 12.6 Å². The molecule has 24 heavy (non-hydrogen) atoms. The Balaban J connectivity index is 1.43. The van der Waals surface area contributed by atoms with Crippen molar-refractivity contribution in [3.8, 4) is 11.5 Å². The Bertz CT molecular complexity index is 610. The van der Waals surface area contributed by atoms with Crippen molar-refractivity contribution >= 4 is 0 Å². The highest BCUT2D eigenvalue weighted by Gasteiger charge is 2.15. The lowest BCUT2D eigenvalue weighted by molar-refractivity contribution is 0.204. The summed E-state index contributed by atoms with van der Waals surface area (Å²) in [6.45, 7) is 4.20. The molecule has 0 aliphatic carbocycles. The normalized spacial score (nSPS) is 16.0. The molecule has 0 saturated carbocycles. The Morgan fingerprint density at radius 2 is 1.54 bits per heavy atom. The Hall–Kier alpha value is -2.04. The summed E-state index contributed by atoms with van der Waals surface area (Å²) in [6, 6.07) is 18.5. The van der Waals surface area contributed by atoms with Gasteiger partial charge in [-0.25, -0.2) is 0 Å². The van der Waals surface area contributed by atoms with Crippen LogP contribution in [-0.2, 0) is 6.54 Å². The maximum Gasteiger partial charge on any atom is 0.122 e. The van der Waals surface area contributed by atoms with Crippen LogP contribution in [0.1, 0.15) is 18.4 Å². The van der Waals surface area contributed by atoms with E-state index in [9.17, 15) is 0 Å². The van der Waals surface area contributed by atoms with Gasteiger partial charge in [-0.05, 0) is 55.8 Å². The molecule has 1 saturated heterocycles. The number of nitrogens with two attached hydrogens (primary N) is 1. The Labute approximate surface area is 144 Å². The van der Waals surface area contributed by atoms with Gasteiger partial charge in [0.05, 0.1) is 0 Å². The van der Waals surface area contributed by atoms with Gasteiger partial charge in [-0.3, -0.25) is 4.90 Å². The lowest BCUT2D eigenvalue weighted by atomic mass is 10.1. The Morgan fingerprint density at radius 3 is 2.29 bits per heavy atom. The summed E-state index contributed by atoms with van der Waals surface area (Å²) in [6.07, 6.45) is 2.18. The molecular weight excluding hydrogens is 300 g/mol. The third-order valence-electron chi connectivity index (χ3n) is 4.30. The van der Waals surface area contributed by atoms with Crippen molar-refractivity contribution in [3.63, 3.8) is 0 Å². The van der Waals surface area contributed by atoms with E-state index in [0.29, 0.717) is 19.3 Å².